The lowest BCUT2D eigenvalue weighted by molar-refractivity contribution is 0.113. The molecule has 1 nitrogen and oxygen atoms in total. The van der Waals surface area contributed by atoms with Crippen LogP contribution in [-0.4, -0.2) is 11.2 Å². The van der Waals surface area contributed by atoms with Crippen molar-refractivity contribution in [2.75, 3.05) is 0 Å². The Hall–Kier alpha value is -0.0400. The molecule has 2 aliphatic rings. The van der Waals surface area contributed by atoms with Crippen molar-refractivity contribution in [1.82, 2.24) is 0 Å². The third-order valence-corrected chi connectivity index (χ3v) is 4.16. The van der Waals surface area contributed by atoms with Gasteiger partial charge in [0.25, 0.3) is 0 Å². The molecule has 0 aromatic rings. The predicted molar refractivity (Wildman–Crippen MR) is 45.2 cm³/mol. The Morgan fingerprint density at radius 2 is 2.00 bits per heavy atom. The molecule has 0 aliphatic heterocycles. The van der Waals surface area contributed by atoms with Crippen LogP contribution in [-0.2, 0) is 0 Å². The lowest BCUT2D eigenvalue weighted by atomic mass is 9.89. The monoisotopic (exact) mass is 154 g/mol. The van der Waals surface area contributed by atoms with Crippen LogP contribution in [0.3, 0.4) is 0 Å². The quantitative estimate of drug-likeness (QED) is 0.613. The summed E-state index contributed by atoms with van der Waals surface area (Å²) in [6.45, 7) is 6.79. The van der Waals surface area contributed by atoms with E-state index in [1.54, 1.807) is 0 Å². The third-order valence-electron chi connectivity index (χ3n) is 4.16. The highest BCUT2D eigenvalue weighted by atomic mass is 16.3. The van der Waals surface area contributed by atoms with Crippen molar-refractivity contribution >= 4 is 0 Å². The summed E-state index contributed by atoms with van der Waals surface area (Å²) < 4.78 is 0. The number of aliphatic hydroxyl groups is 1. The smallest absolute Gasteiger partial charge is 0.0574 e. The van der Waals surface area contributed by atoms with E-state index in [1.807, 2.05) is 0 Å². The molecule has 4 atom stereocenters. The summed E-state index contributed by atoms with van der Waals surface area (Å²) in [6.07, 6.45) is 2.44. The first-order valence-electron chi connectivity index (χ1n) is 4.76. The van der Waals surface area contributed by atoms with Gasteiger partial charge in [0.2, 0.25) is 0 Å². The van der Waals surface area contributed by atoms with Crippen LogP contribution in [0.25, 0.3) is 0 Å². The molecular weight excluding hydrogens is 136 g/mol. The Balaban J connectivity index is 2.13. The minimum atomic E-state index is -0.00356. The summed E-state index contributed by atoms with van der Waals surface area (Å²) in [6, 6.07) is 0. The standard InChI is InChI=1S/C10H18O/c1-6(2)10-4-8(10)7(3)9(11)5-10/h6-9,11H,4-5H2,1-3H3/t7-,8+,9-,10-/m1/s1. The number of rotatable bonds is 1. The van der Waals surface area contributed by atoms with Crippen LogP contribution in [0.2, 0.25) is 0 Å². The highest BCUT2D eigenvalue weighted by Crippen LogP contribution is 2.69. The maximum atomic E-state index is 9.61. The molecule has 0 saturated heterocycles. The second-order valence-corrected chi connectivity index (χ2v) is 4.83. The van der Waals surface area contributed by atoms with Crippen LogP contribution in [0.4, 0.5) is 0 Å². The molecule has 64 valence electrons. The van der Waals surface area contributed by atoms with Gasteiger partial charge in [-0.1, -0.05) is 20.8 Å². The first-order chi connectivity index (χ1) is 5.08. The van der Waals surface area contributed by atoms with E-state index in [9.17, 15) is 5.11 Å². The molecular formula is C10H18O. The average Bonchev–Trinajstić information content (AvgIpc) is 2.57. The van der Waals surface area contributed by atoms with Crippen molar-refractivity contribution in [2.45, 2.75) is 39.7 Å². The van der Waals surface area contributed by atoms with Gasteiger partial charge in [0, 0.05) is 0 Å². The van der Waals surface area contributed by atoms with Crippen LogP contribution in [0.15, 0.2) is 0 Å². The lowest BCUT2D eigenvalue weighted by Crippen LogP contribution is -2.15. The zero-order valence-electron chi connectivity index (χ0n) is 7.67. The molecule has 0 heterocycles. The second-order valence-electron chi connectivity index (χ2n) is 4.83. The molecule has 0 spiro atoms. The minimum Gasteiger partial charge on any atom is -0.393 e. The molecule has 0 aromatic heterocycles. The number of hydrogen-bond acceptors (Lipinski definition) is 1. The van der Waals surface area contributed by atoms with Crippen LogP contribution in [0, 0.1) is 23.2 Å². The van der Waals surface area contributed by atoms with Gasteiger partial charge in [0.15, 0.2) is 0 Å². The van der Waals surface area contributed by atoms with Crippen molar-refractivity contribution in [2.24, 2.45) is 23.2 Å². The fourth-order valence-corrected chi connectivity index (χ4v) is 3.04. The molecule has 0 bridgehead atoms. The van der Waals surface area contributed by atoms with E-state index in [0.29, 0.717) is 11.3 Å². The Morgan fingerprint density at radius 3 is 2.27 bits per heavy atom. The largest absolute Gasteiger partial charge is 0.393 e. The summed E-state index contributed by atoms with van der Waals surface area (Å²) in [5.41, 5.74) is 0.554. The summed E-state index contributed by atoms with van der Waals surface area (Å²) in [5, 5.41) is 9.61. The Labute approximate surface area is 68.8 Å². The van der Waals surface area contributed by atoms with E-state index < -0.39 is 0 Å². The normalized spacial score (nSPS) is 54.8. The Morgan fingerprint density at radius 1 is 1.36 bits per heavy atom. The van der Waals surface area contributed by atoms with E-state index >= 15 is 0 Å². The van der Waals surface area contributed by atoms with Gasteiger partial charge in [-0.3, -0.25) is 0 Å². The van der Waals surface area contributed by atoms with Gasteiger partial charge in [-0.25, -0.2) is 0 Å². The van der Waals surface area contributed by atoms with E-state index in [0.717, 1.165) is 18.3 Å². The molecule has 2 fully saturated rings. The van der Waals surface area contributed by atoms with Crippen molar-refractivity contribution in [3.8, 4) is 0 Å². The highest BCUT2D eigenvalue weighted by Gasteiger charge is 2.64. The molecule has 0 radical (unpaired) electrons. The molecule has 0 amide bonds. The molecule has 0 aromatic carbocycles. The lowest BCUT2D eigenvalue weighted by Gasteiger charge is -2.17. The maximum absolute atomic E-state index is 9.61. The number of aliphatic hydroxyl groups excluding tert-OH is 1. The van der Waals surface area contributed by atoms with E-state index in [-0.39, 0.29) is 6.10 Å². The summed E-state index contributed by atoms with van der Waals surface area (Å²) >= 11 is 0. The van der Waals surface area contributed by atoms with Crippen LogP contribution < -0.4 is 0 Å². The first-order valence-corrected chi connectivity index (χ1v) is 4.76. The first kappa shape index (κ1) is 7.60. The number of fused-ring (bicyclic) bond motifs is 1. The zero-order valence-corrected chi connectivity index (χ0v) is 7.67. The maximum Gasteiger partial charge on any atom is 0.0574 e. The molecule has 1 N–H and O–H groups in total. The summed E-state index contributed by atoms with van der Waals surface area (Å²) in [4.78, 5) is 0. The molecule has 1 heteroatoms. The van der Waals surface area contributed by atoms with Gasteiger partial charge in [0.1, 0.15) is 0 Å². The third kappa shape index (κ3) is 0.807. The zero-order chi connectivity index (χ0) is 8.22. The molecule has 2 rings (SSSR count). The van der Waals surface area contributed by atoms with Crippen LogP contribution in [0.5, 0.6) is 0 Å². The van der Waals surface area contributed by atoms with Gasteiger partial charge in [-0.15, -0.1) is 0 Å². The Kier molecular flexibility index (Phi) is 1.39. The van der Waals surface area contributed by atoms with Crippen LogP contribution >= 0.6 is 0 Å². The highest BCUT2D eigenvalue weighted by molar-refractivity contribution is 5.13. The topological polar surface area (TPSA) is 20.2 Å². The van der Waals surface area contributed by atoms with Gasteiger partial charge in [-0.2, -0.15) is 0 Å². The van der Waals surface area contributed by atoms with E-state index in [1.165, 1.54) is 6.42 Å². The van der Waals surface area contributed by atoms with Crippen molar-refractivity contribution in [3.63, 3.8) is 0 Å². The molecule has 2 aliphatic carbocycles. The fraction of sp³-hybridized carbons (Fsp3) is 1.00. The molecule has 2 saturated carbocycles. The minimum absolute atomic E-state index is 0.00356. The van der Waals surface area contributed by atoms with Gasteiger partial charge in [-0.05, 0) is 36.0 Å². The SMILES string of the molecule is CC(C)[C@@]12C[C@@H](O)[C@H](C)[C@@H]1C2. The summed E-state index contributed by atoms with van der Waals surface area (Å²) in [7, 11) is 0. The van der Waals surface area contributed by atoms with Gasteiger partial charge >= 0.3 is 0 Å². The van der Waals surface area contributed by atoms with Crippen molar-refractivity contribution < 1.29 is 5.11 Å². The second kappa shape index (κ2) is 2.01. The van der Waals surface area contributed by atoms with Gasteiger partial charge < -0.3 is 5.11 Å². The van der Waals surface area contributed by atoms with E-state index in [2.05, 4.69) is 20.8 Å². The summed E-state index contributed by atoms with van der Waals surface area (Å²) in [5.74, 6) is 2.18. The number of hydrogen-bond donors (Lipinski definition) is 1. The predicted octanol–water partition coefficient (Wildman–Crippen LogP) is 2.05. The van der Waals surface area contributed by atoms with E-state index in [4.69, 9.17) is 0 Å². The molecule has 11 heavy (non-hydrogen) atoms. The fourth-order valence-electron chi connectivity index (χ4n) is 3.04. The van der Waals surface area contributed by atoms with Crippen LogP contribution in [0.1, 0.15) is 33.6 Å². The van der Waals surface area contributed by atoms with Crippen molar-refractivity contribution in [3.05, 3.63) is 0 Å². The molecule has 0 unspecified atom stereocenters. The van der Waals surface area contributed by atoms with Gasteiger partial charge in [0.05, 0.1) is 6.10 Å². The average molecular weight is 154 g/mol. The Bertz CT molecular complexity index is 176. The van der Waals surface area contributed by atoms with Crippen molar-refractivity contribution in [1.29, 1.82) is 0 Å².